The van der Waals surface area contributed by atoms with E-state index in [1.54, 1.807) is 0 Å². The van der Waals surface area contributed by atoms with Crippen LogP contribution in [0.3, 0.4) is 0 Å². The molecule has 1 aliphatic rings. The maximum atomic E-state index is 5.76. The normalized spacial score (nSPS) is 16.6. The molecule has 3 N–H and O–H groups in total. The van der Waals surface area contributed by atoms with Crippen molar-refractivity contribution in [1.82, 2.24) is 0 Å². The van der Waals surface area contributed by atoms with Crippen molar-refractivity contribution in [3.05, 3.63) is 29.3 Å². The summed E-state index contributed by atoms with van der Waals surface area (Å²) >= 11 is 5.10. The summed E-state index contributed by atoms with van der Waals surface area (Å²) in [5.41, 5.74) is 9.04. The highest BCUT2D eigenvalue weighted by Gasteiger charge is 2.24. The molecule has 1 aliphatic carbocycles. The van der Waals surface area contributed by atoms with Crippen LogP contribution >= 0.6 is 12.2 Å². The van der Waals surface area contributed by atoms with Gasteiger partial charge in [-0.2, -0.15) is 0 Å². The monoisotopic (exact) mass is 248 g/mol. The number of hydrogen-bond donors (Lipinski definition) is 2. The van der Waals surface area contributed by atoms with Gasteiger partial charge in [-0.15, -0.1) is 0 Å². The minimum atomic E-state index is 0.467. The number of aryl methyl sites for hydroxylation is 1. The first kappa shape index (κ1) is 12.4. The lowest BCUT2D eigenvalue weighted by Crippen LogP contribution is -2.20. The second-order valence-electron chi connectivity index (χ2n) is 5.09. The van der Waals surface area contributed by atoms with Gasteiger partial charge in [0, 0.05) is 17.3 Å². The number of nitrogens with two attached hydrogens (primary N) is 1. The van der Waals surface area contributed by atoms with Crippen LogP contribution < -0.4 is 11.1 Å². The summed E-state index contributed by atoms with van der Waals surface area (Å²) in [5, 5.41) is 3.56. The number of benzene rings is 1. The second-order valence-corrected chi connectivity index (χ2v) is 5.53. The SMILES string of the molecule is Cc1cccc(C(N)=S)c1NC(C)CC1CC1. The van der Waals surface area contributed by atoms with E-state index < -0.39 is 0 Å². The fraction of sp³-hybridized carbons (Fsp3) is 0.500. The van der Waals surface area contributed by atoms with Crippen LogP contribution in [0.1, 0.15) is 37.3 Å². The zero-order valence-corrected chi connectivity index (χ0v) is 11.3. The summed E-state index contributed by atoms with van der Waals surface area (Å²) < 4.78 is 0. The van der Waals surface area contributed by atoms with Gasteiger partial charge in [-0.3, -0.25) is 0 Å². The van der Waals surface area contributed by atoms with Crippen LogP contribution in [-0.4, -0.2) is 11.0 Å². The van der Waals surface area contributed by atoms with Gasteiger partial charge >= 0.3 is 0 Å². The third-order valence-electron chi connectivity index (χ3n) is 3.31. The van der Waals surface area contributed by atoms with Crippen LogP contribution in [0.25, 0.3) is 0 Å². The molecule has 1 atom stereocenters. The molecule has 0 aliphatic heterocycles. The molecule has 1 saturated carbocycles. The lowest BCUT2D eigenvalue weighted by molar-refractivity contribution is 0.642. The van der Waals surface area contributed by atoms with E-state index in [0.29, 0.717) is 11.0 Å². The molecule has 0 bridgehead atoms. The Bertz CT molecular complexity index is 424. The van der Waals surface area contributed by atoms with Crippen LogP contribution in [0.2, 0.25) is 0 Å². The molecule has 0 saturated heterocycles. The zero-order valence-electron chi connectivity index (χ0n) is 10.5. The Kier molecular flexibility index (Phi) is 3.67. The van der Waals surface area contributed by atoms with Crippen LogP contribution in [0, 0.1) is 12.8 Å². The van der Waals surface area contributed by atoms with Crippen molar-refractivity contribution < 1.29 is 0 Å². The molecule has 0 radical (unpaired) electrons. The fourth-order valence-electron chi connectivity index (χ4n) is 2.22. The third kappa shape index (κ3) is 3.19. The van der Waals surface area contributed by atoms with Crippen LogP contribution in [0.5, 0.6) is 0 Å². The zero-order chi connectivity index (χ0) is 12.4. The molecule has 0 spiro atoms. The molecule has 1 aromatic rings. The average Bonchev–Trinajstić information content (AvgIpc) is 3.04. The first-order valence-electron chi connectivity index (χ1n) is 6.24. The Labute approximate surface area is 109 Å². The molecule has 1 unspecified atom stereocenters. The number of nitrogens with one attached hydrogen (secondary N) is 1. The van der Waals surface area contributed by atoms with Gasteiger partial charge in [0.1, 0.15) is 4.99 Å². The summed E-state index contributed by atoms with van der Waals surface area (Å²) in [6.07, 6.45) is 4.02. The Balaban J connectivity index is 2.14. The van der Waals surface area contributed by atoms with E-state index in [4.69, 9.17) is 18.0 Å². The molecule has 0 aromatic heterocycles. The lowest BCUT2D eigenvalue weighted by atomic mass is 10.1. The van der Waals surface area contributed by atoms with Crippen molar-refractivity contribution in [3.63, 3.8) is 0 Å². The van der Waals surface area contributed by atoms with Crippen molar-refractivity contribution in [2.45, 2.75) is 39.2 Å². The third-order valence-corrected chi connectivity index (χ3v) is 3.53. The van der Waals surface area contributed by atoms with Gasteiger partial charge in [0.05, 0.1) is 0 Å². The number of rotatable bonds is 5. The molecule has 1 aromatic carbocycles. The molecule has 1 fully saturated rings. The first-order chi connectivity index (χ1) is 8.08. The molecule has 0 amide bonds. The van der Waals surface area contributed by atoms with Crippen molar-refractivity contribution in [1.29, 1.82) is 0 Å². The predicted molar refractivity (Wildman–Crippen MR) is 77.5 cm³/mol. The Morgan fingerprint density at radius 3 is 2.82 bits per heavy atom. The first-order valence-corrected chi connectivity index (χ1v) is 6.64. The number of anilines is 1. The van der Waals surface area contributed by atoms with Crippen molar-refractivity contribution in [3.8, 4) is 0 Å². The van der Waals surface area contributed by atoms with Gasteiger partial charge in [0.25, 0.3) is 0 Å². The minimum absolute atomic E-state index is 0.467. The van der Waals surface area contributed by atoms with Crippen LogP contribution in [0.15, 0.2) is 18.2 Å². The molecule has 0 heterocycles. The molecule has 92 valence electrons. The molecule has 2 rings (SSSR count). The molecule has 17 heavy (non-hydrogen) atoms. The average molecular weight is 248 g/mol. The summed E-state index contributed by atoms with van der Waals surface area (Å²) in [6.45, 7) is 4.32. The van der Waals surface area contributed by atoms with Gasteiger partial charge in [-0.1, -0.05) is 37.2 Å². The van der Waals surface area contributed by atoms with Gasteiger partial charge < -0.3 is 11.1 Å². The molecular formula is C14H20N2S. The number of hydrogen-bond acceptors (Lipinski definition) is 2. The van der Waals surface area contributed by atoms with Crippen molar-refractivity contribution in [2.75, 3.05) is 5.32 Å². The van der Waals surface area contributed by atoms with E-state index in [1.165, 1.54) is 24.8 Å². The highest BCUT2D eigenvalue weighted by Crippen LogP contribution is 2.34. The highest BCUT2D eigenvalue weighted by molar-refractivity contribution is 7.80. The minimum Gasteiger partial charge on any atom is -0.389 e. The lowest BCUT2D eigenvalue weighted by Gasteiger charge is -2.19. The van der Waals surface area contributed by atoms with Gasteiger partial charge in [-0.05, 0) is 37.8 Å². The van der Waals surface area contributed by atoms with Gasteiger partial charge in [0.15, 0.2) is 0 Å². The van der Waals surface area contributed by atoms with E-state index in [9.17, 15) is 0 Å². The van der Waals surface area contributed by atoms with Gasteiger partial charge in [0.2, 0.25) is 0 Å². The quantitative estimate of drug-likeness (QED) is 0.786. The summed E-state index contributed by atoms with van der Waals surface area (Å²) in [5.74, 6) is 0.926. The van der Waals surface area contributed by atoms with E-state index >= 15 is 0 Å². The second kappa shape index (κ2) is 5.05. The number of thiocarbonyl (C=S) groups is 1. The molecule has 2 nitrogen and oxygen atoms in total. The van der Waals surface area contributed by atoms with Gasteiger partial charge in [-0.25, -0.2) is 0 Å². The van der Waals surface area contributed by atoms with Crippen LogP contribution in [-0.2, 0) is 0 Å². The molecular weight excluding hydrogens is 228 g/mol. The smallest absolute Gasteiger partial charge is 0.106 e. The number of para-hydroxylation sites is 1. The van der Waals surface area contributed by atoms with Crippen molar-refractivity contribution in [2.24, 2.45) is 11.7 Å². The van der Waals surface area contributed by atoms with E-state index in [-0.39, 0.29) is 0 Å². The fourth-order valence-corrected chi connectivity index (χ4v) is 2.39. The maximum absolute atomic E-state index is 5.76. The Hall–Kier alpha value is -1.09. The maximum Gasteiger partial charge on any atom is 0.106 e. The van der Waals surface area contributed by atoms with E-state index in [0.717, 1.165) is 17.2 Å². The van der Waals surface area contributed by atoms with E-state index in [1.807, 2.05) is 12.1 Å². The summed E-state index contributed by atoms with van der Waals surface area (Å²) in [6, 6.07) is 6.56. The largest absolute Gasteiger partial charge is 0.389 e. The standard InChI is InChI=1S/C14H20N2S/c1-9-4-3-5-12(14(15)17)13(9)16-10(2)8-11-6-7-11/h3-5,10-11,16H,6-8H2,1-2H3,(H2,15,17). The highest BCUT2D eigenvalue weighted by atomic mass is 32.1. The molecule has 3 heteroatoms. The Morgan fingerprint density at radius 1 is 1.53 bits per heavy atom. The summed E-state index contributed by atoms with van der Waals surface area (Å²) in [4.78, 5) is 0.467. The van der Waals surface area contributed by atoms with E-state index in [2.05, 4.69) is 25.2 Å². The van der Waals surface area contributed by atoms with Crippen LogP contribution in [0.4, 0.5) is 5.69 Å². The van der Waals surface area contributed by atoms with Crippen molar-refractivity contribution >= 4 is 22.9 Å². The Morgan fingerprint density at radius 2 is 2.24 bits per heavy atom. The summed E-state index contributed by atoms with van der Waals surface area (Å²) in [7, 11) is 0. The topological polar surface area (TPSA) is 38.0 Å². The predicted octanol–water partition coefficient (Wildman–Crippen LogP) is 3.23.